The zero-order valence-electron chi connectivity index (χ0n) is 20.0. The van der Waals surface area contributed by atoms with Gasteiger partial charge in [-0.3, -0.25) is 9.80 Å². The summed E-state index contributed by atoms with van der Waals surface area (Å²) < 4.78 is 2.07. The number of aromatic nitrogens is 2. The van der Waals surface area contributed by atoms with Gasteiger partial charge in [-0.1, -0.05) is 42.5 Å². The Hall–Kier alpha value is -2.47. The minimum absolute atomic E-state index is 0.138. The van der Waals surface area contributed by atoms with Gasteiger partial charge >= 0.3 is 0 Å². The summed E-state index contributed by atoms with van der Waals surface area (Å²) in [4.78, 5) is 5.10. The maximum Gasteiger partial charge on any atom is 0.0972 e. The van der Waals surface area contributed by atoms with Crippen LogP contribution >= 0.6 is 0 Å². The number of rotatable bonds is 5. The van der Waals surface area contributed by atoms with Crippen molar-refractivity contribution in [2.45, 2.75) is 58.2 Å². The highest BCUT2D eigenvalue weighted by molar-refractivity contribution is 5.63. The van der Waals surface area contributed by atoms with E-state index in [1.807, 2.05) is 0 Å². The summed E-state index contributed by atoms with van der Waals surface area (Å²) in [5.74, 6) is 0. The summed E-state index contributed by atoms with van der Waals surface area (Å²) in [7, 11) is 0. The van der Waals surface area contributed by atoms with Crippen molar-refractivity contribution in [1.82, 2.24) is 19.6 Å². The van der Waals surface area contributed by atoms with Crippen LogP contribution in [0.1, 0.15) is 42.4 Å². The minimum Gasteiger partial charge on any atom is -0.392 e. The van der Waals surface area contributed by atoms with Crippen molar-refractivity contribution in [3.8, 4) is 16.9 Å². The second kappa shape index (κ2) is 9.80. The highest BCUT2D eigenvalue weighted by atomic mass is 16.3. The second-order valence-corrected chi connectivity index (χ2v) is 9.90. The third-order valence-electron chi connectivity index (χ3n) is 7.34. The largest absolute Gasteiger partial charge is 0.392 e. The number of aliphatic hydroxyl groups is 1. The number of aryl methyl sites for hydroxylation is 2. The van der Waals surface area contributed by atoms with E-state index >= 15 is 0 Å². The molecule has 2 fully saturated rings. The molecule has 0 spiro atoms. The van der Waals surface area contributed by atoms with Crippen molar-refractivity contribution in [1.29, 1.82) is 0 Å². The van der Waals surface area contributed by atoms with Gasteiger partial charge in [-0.05, 0) is 76.4 Å². The van der Waals surface area contributed by atoms with Gasteiger partial charge in [-0.25, -0.2) is 4.68 Å². The van der Waals surface area contributed by atoms with Crippen LogP contribution in [0.25, 0.3) is 16.9 Å². The number of hydrogen-bond acceptors (Lipinski definition) is 4. The van der Waals surface area contributed by atoms with E-state index in [0.29, 0.717) is 6.04 Å². The standard InChI is InChI=1S/C28H36N4O/c1-21-10-11-22(2)27(17-21)32-19-24(28(29-32)23-7-4-3-5-8-23)18-30-15-12-25(13-16-30)31-14-6-9-26(33)20-31/h3-5,7-8,10-11,17,19,25-26,33H,6,9,12-16,18,20H2,1-2H3/t26-/m0/s1. The smallest absolute Gasteiger partial charge is 0.0972 e. The fourth-order valence-corrected chi connectivity index (χ4v) is 5.45. The molecule has 1 aromatic heterocycles. The average Bonchev–Trinajstić information content (AvgIpc) is 3.25. The van der Waals surface area contributed by atoms with Crippen LogP contribution in [0.4, 0.5) is 0 Å². The average molecular weight is 445 g/mol. The van der Waals surface area contributed by atoms with E-state index in [4.69, 9.17) is 5.10 Å². The van der Waals surface area contributed by atoms with Gasteiger partial charge in [0, 0.05) is 36.5 Å². The van der Waals surface area contributed by atoms with Crippen molar-refractivity contribution in [2.75, 3.05) is 26.2 Å². The first-order valence-electron chi connectivity index (χ1n) is 12.4. The molecule has 33 heavy (non-hydrogen) atoms. The van der Waals surface area contributed by atoms with E-state index in [2.05, 4.69) is 83.1 Å². The summed E-state index contributed by atoms with van der Waals surface area (Å²) in [6.07, 6.45) is 6.54. The Bertz CT molecular complexity index is 1070. The van der Waals surface area contributed by atoms with E-state index in [-0.39, 0.29) is 6.10 Å². The molecule has 5 heteroatoms. The van der Waals surface area contributed by atoms with Gasteiger partial charge in [-0.15, -0.1) is 0 Å². The van der Waals surface area contributed by atoms with Crippen molar-refractivity contribution >= 4 is 0 Å². The molecule has 5 nitrogen and oxygen atoms in total. The Kier molecular flexibility index (Phi) is 6.63. The van der Waals surface area contributed by atoms with Gasteiger partial charge in [0.15, 0.2) is 0 Å². The van der Waals surface area contributed by atoms with Crippen LogP contribution in [0.2, 0.25) is 0 Å². The van der Waals surface area contributed by atoms with E-state index < -0.39 is 0 Å². The molecule has 0 unspecified atom stereocenters. The highest BCUT2D eigenvalue weighted by Gasteiger charge is 2.28. The van der Waals surface area contributed by atoms with Gasteiger partial charge in [-0.2, -0.15) is 5.10 Å². The van der Waals surface area contributed by atoms with Gasteiger partial charge in [0.2, 0.25) is 0 Å². The Morgan fingerprint density at radius 1 is 0.970 bits per heavy atom. The Morgan fingerprint density at radius 3 is 2.52 bits per heavy atom. The fourth-order valence-electron chi connectivity index (χ4n) is 5.45. The number of hydrogen-bond donors (Lipinski definition) is 1. The van der Waals surface area contributed by atoms with Gasteiger partial charge in [0.1, 0.15) is 0 Å². The third-order valence-corrected chi connectivity index (χ3v) is 7.34. The molecular weight excluding hydrogens is 408 g/mol. The van der Waals surface area contributed by atoms with E-state index in [9.17, 15) is 5.11 Å². The van der Waals surface area contributed by atoms with Crippen molar-refractivity contribution in [3.05, 3.63) is 71.4 Å². The first-order valence-corrected chi connectivity index (χ1v) is 12.4. The number of piperidine rings is 2. The molecule has 5 rings (SSSR count). The number of benzene rings is 2. The predicted octanol–water partition coefficient (Wildman–Crippen LogP) is 4.58. The van der Waals surface area contributed by atoms with Crippen LogP contribution < -0.4 is 0 Å². The van der Waals surface area contributed by atoms with Crippen molar-refractivity contribution in [3.63, 3.8) is 0 Å². The molecule has 2 aliphatic heterocycles. The van der Waals surface area contributed by atoms with Crippen LogP contribution in [0.15, 0.2) is 54.7 Å². The van der Waals surface area contributed by atoms with E-state index in [1.54, 1.807) is 0 Å². The summed E-state index contributed by atoms with van der Waals surface area (Å²) in [6.45, 7) is 9.40. The molecule has 2 aromatic carbocycles. The Morgan fingerprint density at radius 2 is 1.76 bits per heavy atom. The highest BCUT2D eigenvalue weighted by Crippen LogP contribution is 2.28. The molecule has 0 saturated carbocycles. The number of β-amino-alcohol motifs (C(OH)–C–C–N with tert-alkyl or cyclic N) is 1. The molecule has 0 radical (unpaired) electrons. The first-order chi connectivity index (χ1) is 16.1. The lowest BCUT2D eigenvalue weighted by Crippen LogP contribution is -2.49. The molecule has 174 valence electrons. The third kappa shape index (κ3) is 5.06. The summed E-state index contributed by atoms with van der Waals surface area (Å²) in [5.41, 5.74) is 7.18. The molecule has 0 bridgehead atoms. The maximum atomic E-state index is 10.1. The normalized spacial score (nSPS) is 20.9. The van der Waals surface area contributed by atoms with Crippen LogP contribution in [-0.4, -0.2) is 63.0 Å². The molecule has 2 saturated heterocycles. The monoisotopic (exact) mass is 444 g/mol. The fraction of sp³-hybridized carbons (Fsp3) is 0.464. The molecule has 0 amide bonds. The summed E-state index contributed by atoms with van der Waals surface area (Å²) in [5, 5.41) is 15.1. The van der Waals surface area contributed by atoms with Gasteiger partial charge < -0.3 is 5.11 Å². The topological polar surface area (TPSA) is 44.5 Å². The quantitative estimate of drug-likeness (QED) is 0.626. The lowest BCUT2D eigenvalue weighted by Gasteiger charge is -2.41. The molecular formula is C28H36N4O. The van der Waals surface area contributed by atoms with Gasteiger partial charge in [0.25, 0.3) is 0 Å². The Labute approximate surface area is 197 Å². The molecule has 3 aromatic rings. The van der Waals surface area contributed by atoms with Crippen molar-refractivity contribution < 1.29 is 5.11 Å². The summed E-state index contributed by atoms with van der Waals surface area (Å²) in [6, 6.07) is 17.7. The minimum atomic E-state index is -0.138. The molecule has 0 aliphatic carbocycles. The second-order valence-electron chi connectivity index (χ2n) is 9.90. The number of likely N-dealkylation sites (tertiary alicyclic amines) is 2. The first kappa shape index (κ1) is 22.3. The van der Waals surface area contributed by atoms with Crippen LogP contribution in [-0.2, 0) is 6.54 Å². The Balaban J connectivity index is 1.35. The zero-order chi connectivity index (χ0) is 22.8. The predicted molar refractivity (Wildman–Crippen MR) is 134 cm³/mol. The van der Waals surface area contributed by atoms with Gasteiger partial charge in [0.05, 0.1) is 17.5 Å². The zero-order valence-corrected chi connectivity index (χ0v) is 20.0. The molecule has 1 atom stereocenters. The van der Waals surface area contributed by atoms with Crippen LogP contribution in [0.3, 0.4) is 0 Å². The lowest BCUT2D eigenvalue weighted by molar-refractivity contribution is 0.0243. The number of nitrogens with zero attached hydrogens (tertiary/aromatic N) is 4. The van der Waals surface area contributed by atoms with Crippen LogP contribution in [0, 0.1) is 13.8 Å². The van der Waals surface area contributed by atoms with Crippen molar-refractivity contribution in [2.24, 2.45) is 0 Å². The maximum absolute atomic E-state index is 10.1. The van der Waals surface area contributed by atoms with E-state index in [1.165, 1.54) is 35.1 Å². The molecule has 3 heterocycles. The van der Waals surface area contributed by atoms with Crippen LogP contribution in [0.5, 0.6) is 0 Å². The SMILES string of the molecule is Cc1ccc(C)c(-n2cc(CN3CCC(N4CCC[C@H](O)C4)CC3)c(-c3ccccc3)n2)c1. The molecule has 1 N–H and O–H groups in total. The molecule has 2 aliphatic rings. The summed E-state index contributed by atoms with van der Waals surface area (Å²) >= 11 is 0. The number of aliphatic hydroxyl groups excluding tert-OH is 1. The lowest BCUT2D eigenvalue weighted by atomic mass is 9.98. The van der Waals surface area contributed by atoms with E-state index in [0.717, 1.165) is 56.9 Å².